The molecule has 0 bridgehead atoms. The van der Waals surface area contributed by atoms with Crippen molar-refractivity contribution in [3.63, 3.8) is 0 Å². The lowest BCUT2D eigenvalue weighted by Crippen LogP contribution is -2.60. The first-order valence-corrected chi connectivity index (χ1v) is 7.15. The van der Waals surface area contributed by atoms with E-state index in [-0.39, 0.29) is 5.91 Å². The number of rotatable bonds is 10. The van der Waals surface area contributed by atoms with Crippen LogP contribution < -0.4 is 11.1 Å². The maximum atomic E-state index is 11.8. The minimum Gasteiger partial charge on any atom is -0.379 e. The Balaban J connectivity index is 2.50. The van der Waals surface area contributed by atoms with Crippen LogP contribution in [0.15, 0.2) is 0 Å². The van der Waals surface area contributed by atoms with Crippen LogP contribution in [0, 0.1) is 11.8 Å². The van der Waals surface area contributed by atoms with Crippen molar-refractivity contribution >= 4 is 5.91 Å². The van der Waals surface area contributed by atoms with Gasteiger partial charge in [0.2, 0.25) is 5.91 Å². The molecule has 0 heterocycles. The van der Waals surface area contributed by atoms with Crippen molar-refractivity contribution in [2.24, 2.45) is 17.6 Å². The fourth-order valence-electron chi connectivity index (χ4n) is 2.15. The molecule has 0 aromatic rings. The lowest BCUT2D eigenvalue weighted by molar-refractivity contribution is -0.128. The maximum absolute atomic E-state index is 11.8. The third kappa shape index (κ3) is 4.25. The third-order valence-corrected chi connectivity index (χ3v) is 3.57. The maximum Gasteiger partial charge on any atom is 0.240 e. The Morgan fingerprint density at radius 2 is 2.17 bits per heavy atom. The van der Waals surface area contributed by atoms with Crippen LogP contribution in [0.4, 0.5) is 0 Å². The van der Waals surface area contributed by atoms with E-state index in [4.69, 9.17) is 10.5 Å². The molecular formula is C14H28N2O2. The largest absolute Gasteiger partial charge is 0.379 e. The standard InChI is InChI=1S/C14H28N2O2/c1-4-8-16-14(13(15)17,12-5-6-12)10-18-9-7-11(2)3/h11-12,16H,4-10H2,1-3H3,(H2,15,17). The lowest BCUT2D eigenvalue weighted by atomic mass is 9.93. The van der Waals surface area contributed by atoms with Gasteiger partial charge in [-0.2, -0.15) is 0 Å². The number of amides is 1. The van der Waals surface area contributed by atoms with Crippen molar-refractivity contribution in [1.29, 1.82) is 0 Å². The first kappa shape index (κ1) is 15.4. The van der Waals surface area contributed by atoms with E-state index in [9.17, 15) is 4.79 Å². The highest BCUT2D eigenvalue weighted by molar-refractivity contribution is 5.85. The Bertz CT molecular complexity index is 265. The average molecular weight is 256 g/mol. The minimum atomic E-state index is -0.632. The van der Waals surface area contributed by atoms with E-state index in [1.54, 1.807) is 0 Å². The average Bonchev–Trinajstić information content (AvgIpc) is 3.12. The molecule has 0 spiro atoms. The van der Waals surface area contributed by atoms with Crippen molar-refractivity contribution in [3.8, 4) is 0 Å². The summed E-state index contributed by atoms with van der Waals surface area (Å²) in [6.07, 6.45) is 4.17. The number of nitrogens with one attached hydrogen (secondary N) is 1. The second-order valence-corrected chi connectivity index (χ2v) is 5.77. The molecule has 4 nitrogen and oxygen atoms in total. The quantitative estimate of drug-likeness (QED) is 0.585. The predicted octanol–water partition coefficient (Wildman–Crippen LogP) is 1.68. The van der Waals surface area contributed by atoms with Crippen molar-refractivity contribution in [1.82, 2.24) is 5.32 Å². The Hall–Kier alpha value is -0.610. The molecule has 4 heteroatoms. The van der Waals surface area contributed by atoms with Crippen molar-refractivity contribution in [2.45, 2.75) is 52.0 Å². The summed E-state index contributed by atoms with van der Waals surface area (Å²) in [4.78, 5) is 11.8. The highest BCUT2D eigenvalue weighted by Crippen LogP contribution is 2.40. The van der Waals surface area contributed by atoms with Crippen LogP contribution in [0.5, 0.6) is 0 Å². The summed E-state index contributed by atoms with van der Waals surface area (Å²) in [5.74, 6) is 0.723. The molecule has 1 rings (SSSR count). The molecule has 0 aromatic heterocycles. The summed E-state index contributed by atoms with van der Waals surface area (Å²) in [7, 11) is 0. The first-order valence-electron chi connectivity index (χ1n) is 7.15. The van der Waals surface area contributed by atoms with Crippen LogP contribution in [-0.2, 0) is 9.53 Å². The van der Waals surface area contributed by atoms with Gasteiger partial charge in [-0.15, -0.1) is 0 Å². The van der Waals surface area contributed by atoms with E-state index < -0.39 is 5.54 Å². The van der Waals surface area contributed by atoms with Gasteiger partial charge in [-0.3, -0.25) is 4.79 Å². The molecule has 3 N–H and O–H groups in total. The Morgan fingerprint density at radius 3 is 2.61 bits per heavy atom. The van der Waals surface area contributed by atoms with Crippen LogP contribution in [0.1, 0.15) is 46.5 Å². The van der Waals surface area contributed by atoms with E-state index >= 15 is 0 Å². The summed E-state index contributed by atoms with van der Waals surface area (Å²) < 4.78 is 5.71. The monoisotopic (exact) mass is 256 g/mol. The lowest BCUT2D eigenvalue weighted by Gasteiger charge is -2.32. The topological polar surface area (TPSA) is 64.3 Å². The summed E-state index contributed by atoms with van der Waals surface area (Å²) in [6.45, 7) is 8.35. The van der Waals surface area contributed by atoms with Gasteiger partial charge in [0.1, 0.15) is 5.54 Å². The van der Waals surface area contributed by atoms with Gasteiger partial charge in [-0.1, -0.05) is 20.8 Å². The molecule has 1 aliphatic carbocycles. The predicted molar refractivity (Wildman–Crippen MR) is 73.2 cm³/mol. The van der Waals surface area contributed by atoms with Gasteiger partial charge in [-0.25, -0.2) is 0 Å². The van der Waals surface area contributed by atoms with E-state index in [1.807, 2.05) is 0 Å². The van der Waals surface area contributed by atoms with Gasteiger partial charge in [-0.05, 0) is 44.1 Å². The molecule has 1 amide bonds. The molecule has 1 saturated carbocycles. The number of carbonyl (C=O) groups is 1. The van der Waals surface area contributed by atoms with Crippen LogP contribution >= 0.6 is 0 Å². The number of nitrogens with two attached hydrogens (primary N) is 1. The molecule has 106 valence electrons. The molecule has 1 fully saturated rings. The van der Waals surface area contributed by atoms with Gasteiger partial charge in [0, 0.05) is 6.61 Å². The molecule has 1 unspecified atom stereocenters. The van der Waals surface area contributed by atoms with Gasteiger partial charge < -0.3 is 15.8 Å². The molecule has 0 saturated heterocycles. The van der Waals surface area contributed by atoms with Crippen LogP contribution in [0.25, 0.3) is 0 Å². The number of ether oxygens (including phenoxy) is 1. The molecule has 18 heavy (non-hydrogen) atoms. The summed E-state index contributed by atoms with van der Waals surface area (Å²) in [5, 5.41) is 3.33. The van der Waals surface area contributed by atoms with Crippen molar-refractivity contribution in [3.05, 3.63) is 0 Å². The van der Waals surface area contributed by atoms with E-state index in [0.29, 0.717) is 25.0 Å². The molecular weight excluding hydrogens is 228 g/mol. The van der Waals surface area contributed by atoms with E-state index in [2.05, 4.69) is 26.1 Å². The second kappa shape index (κ2) is 7.10. The fourth-order valence-corrected chi connectivity index (χ4v) is 2.15. The third-order valence-electron chi connectivity index (χ3n) is 3.57. The molecule has 0 aromatic carbocycles. The number of primary amides is 1. The van der Waals surface area contributed by atoms with Gasteiger partial charge in [0.05, 0.1) is 6.61 Å². The van der Waals surface area contributed by atoms with Crippen LogP contribution in [0.3, 0.4) is 0 Å². The number of hydrogen-bond donors (Lipinski definition) is 2. The highest BCUT2D eigenvalue weighted by Gasteiger charge is 2.49. The Labute approximate surface area is 111 Å². The zero-order valence-electron chi connectivity index (χ0n) is 12.0. The van der Waals surface area contributed by atoms with Crippen molar-refractivity contribution < 1.29 is 9.53 Å². The van der Waals surface area contributed by atoms with E-state index in [0.717, 1.165) is 32.2 Å². The Morgan fingerprint density at radius 1 is 1.50 bits per heavy atom. The molecule has 1 aliphatic rings. The Kier molecular flexibility index (Phi) is 6.09. The molecule has 0 aliphatic heterocycles. The summed E-state index contributed by atoms with van der Waals surface area (Å²) in [6, 6.07) is 0. The number of carbonyl (C=O) groups excluding carboxylic acids is 1. The van der Waals surface area contributed by atoms with Crippen LogP contribution in [0.2, 0.25) is 0 Å². The van der Waals surface area contributed by atoms with E-state index in [1.165, 1.54) is 0 Å². The minimum absolute atomic E-state index is 0.261. The van der Waals surface area contributed by atoms with Gasteiger partial charge >= 0.3 is 0 Å². The smallest absolute Gasteiger partial charge is 0.240 e. The fraction of sp³-hybridized carbons (Fsp3) is 0.929. The zero-order valence-corrected chi connectivity index (χ0v) is 12.0. The van der Waals surface area contributed by atoms with Crippen LogP contribution in [-0.4, -0.2) is 31.2 Å². The summed E-state index contributed by atoms with van der Waals surface area (Å²) in [5.41, 5.74) is 4.98. The normalized spacial score (nSPS) is 18.9. The molecule has 0 radical (unpaired) electrons. The first-order chi connectivity index (χ1) is 8.53. The highest BCUT2D eigenvalue weighted by atomic mass is 16.5. The van der Waals surface area contributed by atoms with Gasteiger partial charge in [0.25, 0.3) is 0 Å². The SMILES string of the molecule is CCCNC(COCCC(C)C)(C(N)=O)C1CC1. The number of hydrogen-bond acceptors (Lipinski definition) is 3. The van der Waals surface area contributed by atoms with Crippen molar-refractivity contribution in [2.75, 3.05) is 19.8 Å². The molecule has 1 atom stereocenters. The van der Waals surface area contributed by atoms with Gasteiger partial charge in [0.15, 0.2) is 0 Å². The summed E-state index contributed by atoms with van der Waals surface area (Å²) >= 11 is 0. The second-order valence-electron chi connectivity index (χ2n) is 5.77. The zero-order chi connectivity index (χ0) is 13.6.